The minimum atomic E-state index is -3.89. The van der Waals surface area contributed by atoms with Gasteiger partial charge in [-0.25, -0.2) is 13.4 Å². The molecule has 0 aliphatic heterocycles. The van der Waals surface area contributed by atoms with Crippen LogP contribution in [-0.4, -0.2) is 35.3 Å². The molecule has 0 fully saturated rings. The SMILES string of the molecule is COCc1nnc(-c2ncc(Cl)cc2NS(=O)(=O)c2ccc(C(C)(C)C)cc2)n1C(C)C. The van der Waals surface area contributed by atoms with Gasteiger partial charge < -0.3 is 9.30 Å². The van der Waals surface area contributed by atoms with Crippen LogP contribution in [0.2, 0.25) is 5.02 Å². The van der Waals surface area contributed by atoms with Crippen molar-refractivity contribution in [2.24, 2.45) is 0 Å². The number of anilines is 1. The molecule has 0 unspecified atom stereocenters. The maximum atomic E-state index is 13.1. The van der Waals surface area contributed by atoms with Crippen LogP contribution < -0.4 is 4.72 Å². The average molecular weight is 478 g/mol. The van der Waals surface area contributed by atoms with Gasteiger partial charge in [-0.1, -0.05) is 44.5 Å². The Hall–Kier alpha value is -2.49. The van der Waals surface area contributed by atoms with Crippen LogP contribution in [-0.2, 0) is 26.8 Å². The van der Waals surface area contributed by atoms with E-state index in [1.165, 1.54) is 12.3 Å². The second-order valence-electron chi connectivity index (χ2n) is 8.77. The number of halogens is 1. The van der Waals surface area contributed by atoms with Crippen LogP contribution in [0.4, 0.5) is 5.69 Å². The summed E-state index contributed by atoms with van der Waals surface area (Å²) in [6.45, 7) is 10.4. The summed E-state index contributed by atoms with van der Waals surface area (Å²) in [4.78, 5) is 4.51. The number of methoxy groups -OCH3 is 1. The van der Waals surface area contributed by atoms with Gasteiger partial charge in [-0.05, 0) is 43.0 Å². The summed E-state index contributed by atoms with van der Waals surface area (Å²) in [6, 6.07) is 8.33. The Morgan fingerprint density at radius 3 is 2.38 bits per heavy atom. The van der Waals surface area contributed by atoms with Crippen LogP contribution in [0.3, 0.4) is 0 Å². The van der Waals surface area contributed by atoms with Gasteiger partial charge in [0, 0.05) is 19.3 Å². The summed E-state index contributed by atoms with van der Waals surface area (Å²) in [6.07, 6.45) is 1.45. The Morgan fingerprint density at radius 2 is 1.81 bits per heavy atom. The molecular weight excluding hydrogens is 450 g/mol. The fourth-order valence-corrected chi connectivity index (χ4v) is 4.50. The molecule has 0 amide bonds. The van der Waals surface area contributed by atoms with E-state index in [0.29, 0.717) is 22.4 Å². The van der Waals surface area contributed by atoms with Crippen molar-refractivity contribution in [2.75, 3.05) is 11.8 Å². The molecule has 0 aliphatic carbocycles. The molecule has 0 bridgehead atoms. The molecule has 1 aromatic carbocycles. The molecule has 0 spiro atoms. The van der Waals surface area contributed by atoms with Crippen molar-refractivity contribution in [1.82, 2.24) is 19.7 Å². The van der Waals surface area contributed by atoms with Gasteiger partial charge in [0.1, 0.15) is 12.3 Å². The van der Waals surface area contributed by atoms with Crippen molar-refractivity contribution in [1.29, 1.82) is 0 Å². The van der Waals surface area contributed by atoms with Crippen molar-refractivity contribution >= 4 is 27.3 Å². The number of hydrogen-bond acceptors (Lipinski definition) is 6. The predicted octanol–water partition coefficient (Wildman–Crippen LogP) is 4.82. The molecule has 2 aromatic heterocycles. The van der Waals surface area contributed by atoms with E-state index in [4.69, 9.17) is 16.3 Å². The molecule has 0 saturated heterocycles. The second-order valence-corrected chi connectivity index (χ2v) is 10.9. The summed E-state index contributed by atoms with van der Waals surface area (Å²) in [7, 11) is -2.32. The van der Waals surface area contributed by atoms with Crippen molar-refractivity contribution < 1.29 is 13.2 Å². The van der Waals surface area contributed by atoms with Gasteiger partial charge in [0.2, 0.25) is 0 Å². The number of hydrogen-bond donors (Lipinski definition) is 1. The topological polar surface area (TPSA) is 99.0 Å². The van der Waals surface area contributed by atoms with E-state index in [1.807, 2.05) is 30.5 Å². The molecule has 3 rings (SSSR count). The van der Waals surface area contributed by atoms with Crippen LogP contribution in [0.5, 0.6) is 0 Å². The van der Waals surface area contributed by atoms with Gasteiger partial charge in [-0.3, -0.25) is 4.72 Å². The zero-order valence-corrected chi connectivity index (χ0v) is 20.6. The maximum Gasteiger partial charge on any atom is 0.261 e. The molecule has 0 atom stereocenters. The van der Waals surface area contributed by atoms with Crippen LogP contribution in [0.15, 0.2) is 41.4 Å². The fraction of sp³-hybridized carbons (Fsp3) is 0.409. The van der Waals surface area contributed by atoms with Gasteiger partial charge in [-0.2, -0.15) is 0 Å². The third-order valence-electron chi connectivity index (χ3n) is 4.90. The monoisotopic (exact) mass is 477 g/mol. The fourth-order valence-electron chi connectivity index (χ4n) is 3.29. The van der Waals surface area contributed by atoms with Crippen LogP contribution in [0.1, 0.15) is 52.0 Å². The Bertz CT molecular complexity index is 1200. The largest absolute Gasteiger partial charge is 0.377 e. The number of pyridine rings is 1. The lowest BCUT2D eigenvalue weighted by molar-refractivity contribution is 0.173. The number of ether oxygens (including phenoxy) is 1. The van der Waals surface area contributed by atoms with E-state index in [9.17, 15) is 8.42 Å². The Kier molecular flexibility index (Phi) is 6.92. The number of aromatic nitrogens is 4. The number of nitrogens with zero attached hydrogens (tertiary/aromatic N) is 4. The lowest BCUT2D eigenvalue weighted by Crippen LogP contribution is -2.16. The molecule has 0 aliphatic rings. The Labute approximate surface area is 194 Å². The highest BCUT2D eigenvalue weighted by molar-refractivity contribution is 7.92. The third-order valence-corrected chi connectivity index (χ3v) is 6.49. The van der Waals surface area contributed by atoms with E-state index in [1.54, 1.807) is 19.2 Å². The molecule has 3 aromatic rings. The van der Waals surface area contributed by atoms with Crippen molar-refractivity contribution in [2.45, 2.75) is 57.6 Å². The third kappa shape index (κ3) is 5.11. The summed E-state index contributed by atoms with van der Waals surface area (Å²) < 4.78 is 36.0. The first kappa shape index (κ1) is 24.2. The molecule has 8 nitrogen and oxygen atoms in total. The van der Waals surface area contributed by atoms with Gasteiger partial charge in [0.15, 0.2) is 11.6 Å². The zero-order valence-electron chi connectivity index (χ0n) is 19.0. The van der Waals surface area contributed by atoms with Crippen LogP contribution in [0, 0.1) is 0 Å². The quantitative estimate of drug-likeness (QED) is 0.523. The van der Waals surface area contributed by atoms with Gasteiger partial charge in [0.25, 0.3) is 10.0 Å². The first-order valence-electron chi connectivity index (χ1n) is 10.2. The highest BCUT2D eigenvalue weighted by atomic mass is 35.5. The first-order chi connectivity index (χ1) is 14.9. The minimum absolute atomic E-state index is 0.00275. The summed E-state index contributed by atoms with van der Waals surface area (Å²) in [5.74, 6) is 1.03. The van der Waals surface area contributed by atoms with E-state index in [2.05, 4.69) is 40.7 Å². The molecule has 1 N–H and O–H groups in total. The standard InChI is InChI=1S/C22H28ClN5O3S/c1-14(2)28-19(13-31-6)25-26-21(28)20-18(11-16(23)12-24-20)27-32(29,30)17-9-7-15(8-10-17)22(3,4)5/h7-12,14,27H,13H2,1-6H3. The summed E-state index contributed by atoms with van der Waals surface area (Å²) >= 11 is 6.15. The van der Waals surface area contributed by atoms with E-state index >= 15 is 0 Å². The summed E-state index contributed by atoms with van der Waals surface area (Å²) in [5, 5.41) is 8.74. The molecule has 10 heteroatoms. The first-order valence-corrected chi connectivity index (χ1v) is 12.0. The molecule has 0 saturated carbocycles. The zero-order chi connectivity index (χ0) is 23.7. The van der Waals surface area contributed by atoms with Gasteiger partial charge in [0.05, 0.1) is 15.6 Å². The number of sulfonamides is 1. The van der Waals surface area contributed by atoms with E-state index in [-0.39, 0.29) is 28.6 Å². The minimum Gasteiger partial charge on any atom is -0.377 e. The highest BCUT2D eigenvalue weighted by Gasteiger charge is 2.24. The molecule has 2 heterocycles. The predicted molar refractivity (Wildman–Crippen MR) is 125 cm³/mol. The van der Waals surface area contributed by atoms with E-state index in [0.717, 1.165) is 5.56 Å². The van der Waals surface area contributed by atoms with Crippen LogP contribution in [0.25, 0.3) is 11.5 Å². The molecule has 32 heavy (non-hydrogen) atoms. The normalized spacial score (nSPS) is 12.4. The van der Waals surface area contributed by atoms with Gasteiger partial charge in [-0.15, -0.1) is 10.2 Å². The molecular formula is C22H28ClN5O3S. The summed E-state index contributed by atoms with van der Waals surface area (Å²) in [5.41, 5.74) is 1.50. The van der Waals surface area contributed by atoms with E-state index < -0.39 is 10.0 Å². The number of benzene rings is 1. The Balaban J connectivity index is 2.05. The smallest absolute Gasteiger partial charge is 0.261 e. The van der Waals surface area contributed by atoms with Crippen molar-refractivity contribution in [3.63, 3.8) is 0 Å². The highest BCUT2D eigenvalue weighted by Crippen LogP contribution is 2.31. The van der Waals surface area contributed by atoms with Crippen molar-refractivity contribution in [3.05, 3.63) is 52.9 Å². The molecule has 172 valence electrons. The number of rotatable bonds is 7. The lowest BCUT2D eigenvalue weighted by Gasteiger charge is -2.19. The lowest BCUT2D eigenvalue weighted by atomic mass is 9.87. The maximum absolute atomic E-state index is 13.1. The number of nitrogens with one attached hydrogen (secondary N) is 1. The second kappa shape index (κ2) is 9.17. The van der Waals surface area contributed by atoms with Gasteiger partial charge >= 0.3 is 0 Å². The van der Waals surface area contributed by atoms with Crippen molar-refractivity contribution in [3.8, 4) is 11.5 Å². The Morgan fingerprint density at radius 1 is 1.16 bits per heavy atom. The van der Waals surface area contributed by atoms with Crippen LogP contribution >= 0.6 is 11.6 Å². The molecule has 0 radical (unpaired) electrons. The average Bonchev–Trinajstić information content (AvgIpc) is 3.11.